The van der Waals surface area contributed by atoms with Gasteiger partial charge in [-0.2, -0.15) is 0 Å². The second-order valence-corrected chi connectivity index (χ2v) is 7.37. The maximum Gasteiger partial charge on any atom is 0.232 e. The van der Waals surface area contributed by atoms with Crippen LogP contribution in [0.2, 0.25) is 5.02 Å². The van der Waals surface area contributed by atoms with Crippen molar-refractivity contribution in [2.75, 3.05) is 11.9 Å². The lowest BCUT2D eigenvalue weighted by Gasteiger charge is -2.11. The van der Waals surface area contributed by atoms with E-state index in [1.165, 1.54) is 22.7 Å². The summed E-state index contributed by atoms with van der Waals surface area (Å²) in [6.45, 7) is 2.17. The fourth-order valence-electron chi connectivity index (χ4n) is 2.03. The molecule has 3 rings (SSSR count). The van der Waals surface area contributed by atoms with Crippen molar-refractivity contribution < 1.29 is 10.2 Å². The van der Waals surface area contributed by atoms with Gasteiger partial charge in [0.2, 0.25) is 5.88 Å². The summed E-state index contributed by atoms with van der Waals surface area (Å²) in [5.74, 6) is 0.00514. The molecule has 0 aliphatic heterocycles. The molecule has 2 heterocycles. The van der Waals surface area contributed by atoms with E-state index in [-0.39, 0.29) is 5.88 Å². The molecule has 23 heavy (non-hydrogen) atoms. The van der Waals surface area contributed by atoms with Gasteiger partial charge in [0, 0.05) is 16.9 Å². The number of rotatable bonds is 5. The standard InChI is InChI=1S/C15H14ClN3O2S2/c1-8-18-14(21)13(23-8)11-7-22-15(19-11)17-6-12(20)9-2-4-10(16)5-3-9/h2-5,7,12,20-21H,6H2,1H3,(H,17,19). The first-order valence-corrected chi connectivity index (χ1v) is 8.90. The molecule has 0 spiro atoms. The molecular formula is C15H14ClN3O2S2. The van der Waals surface area contributed by atoms with E-state index in [2.05, 4.69) is 15.3 Å². The normalized spacial score (nSPS) is 12.3. The minimum Gasteiger partial charge on any atom is -0.492 e. The summed E-state index contributed by atoms with van der Waals surface area (Å²) in [4.78, 5) is 9.06. The van der Waals surface area contributed by atoms with E-state index in [0.717, 1.165) is 10.6 Å². The number of nitrogens with zero attached hydrogens (tertiary/aromatic N) is 2. The van der Waals surface area contributed by atoms with Crippen molar-refractivity contribution in [2.45, 2.75) is 13.0 Å². The first kappa shape index (κ1) is 16.2. The number of nitrogens with one attached hydrogen (secondary N) is 1. The zero-order valence-electron chi connectivity index (χ0n) is 12.2. The number of thiazole rings is 2. The highest BCUT2D eigenvalue weighted by Gasteiger charge is 2.14. The van der Waals surface area contributed by atoms with Gasteiger partial charge in [0.1, 0.15) is 4.88 Å². The second kappa shape index (κ2) is 6.84. The minimum absolute atomic E-state index is 0.00514. The maximum atomic E-state index is 10.2. The van der Waals surface area contributed by atoms with Crippen LogP contribution in [0.1, 0.15) is 16.7 Å². The van der Waals surface area contributed by atoms with Crippen molar-refractivity contribution in [3.63, 3.8) is 0 Å². The number of anilines is 1. The number of aliphatic hydroxyl groups is 1. The predicted molar refractivity (Wildman–Crippen MR) is 94.5 cm³/mol. The summed E-state index contributed by atoms with van der Waals surface area (Å²) in [5.41, 5.74) is 1.47. The molecule has 0 radical (unpaired) electrons. The van der Waals surface area contributed by atoms with Crippen molar-refractivity contribution >= 4 is 39.4 Å². The van der Waals surface area contributed by atoms with E-state index in [9.17, 15) is 10.2 Å². The highest BCUT2D eigenvalue weighted by molar-refractivity contribution is 7.17. The summed E-state index contributed by atoms with van der Waals surface area (Å²) < 4.78 is 0. The largest absolute Gasteiger partial charge is 0.492 e. The van der Waals surface area contributed by atoms with E-state index in [1.807, 2.05) is 12.3 Å². The number of aryl methyl sites for hydroxylation is 1. The van der Waals surface area contributed by atoms with Crippen molar-refractivity contribution in [1.29, 1.82) is 0 Å². The molecule has 0 fully saturated rings. The van der Waals surface area contributed by atoms with Crippen molar-refractivity contribution in [3.8, 4) is 16.5 Å². The molecule has 0 saturated carbocycles. The quantitative estimate of drug-likeness (QED) is 0.633. The highest BCUT2D eigenvalue weighted by Crippen LogP contribution is 2.36. The van der Waals surface area contributed by atoms with Crippen LogP contribution in [0.15, 0.2) is 29.6 Å². The average molecular weight is 368 g/mol. The number of hydrogen-bond donors (Lipinski definition) is 3. The summed E-state index contributed by atoms with van der Waals surface area (Å²) in [5, 5.41) is 27.0. The van der Waals surface area contributed by atoms with Gasteiger partial charge in [0.15, 0.2) is 5.13 Å². The lowest BCUT2D eigenvalue weighted by Crippen LogP contribution is -2.11. The van der Waals surface area contributed by atoms with E-state index < -0.39 is 6.10 Å². The SMILES string of the molecule is Cc1nc(O)c(-c2csc(NCC(O)c3ccc(Cl)cc3)n2)s1. The Bertz CT molecular complexity index is 801. The molecule has 3 aromatic rings. The Balaban J connectivity index is 1.65. The maximum absolute atomic E-state index is 10.2. The van der Waals surface area contributed by atoms with Crippen molar-refractivity contribution in [1.82, 2.24) is 9.97 Å². The lowest BCUT2D eigenvalue weighted by molar-refractivity contribution is 0.191. The Hall–Kier alpha value is -1.67. The van der Waals surface area contributed by atoms with Gasteiger partial charge in [0.05, 0.1) is 16.8 Å². The van der Waals surface area contributed by atoms with Crippen molar-refractivity contribution in [2.24, 2.45) is 0 Å². The van der Waals surface area contributed by atoms with Gasteiger partial charge in [-0.25, -0.2) is 9.97 Å². The Kier molecular flexibility index (Phi) is 4.82. The monoisotopic (exact) mass is 367 g/mol. The molecule has 1 atom stereocenters. The third-order valence-corrected chi connectivity index (χ3v) is 5.19. The summed E-state index contributed by atoms with van der Waals surface area (Å²) in [7, 11) is 0. The number of benzene rings is 1. The molecule has 0 aliphatic carbocycles. The summed E-state index contributed by atoms with van der Waals surface area (Å²) >= 11 is 8.65. The zero-order valence-corrected chi connectivity index (χ0v) is 14.5. The van der Waals surface area contributed by atoms with Gasteiger partial charge >= 0.3 is 0 Å². The predicted octanol–water partition coefficient (Wildman–Crippen LogP) is 4.08. The number of aromatic nitrogens is 2. The van der Waals surface area contributed by atoms with E-state index in [0.29, 0.717) is 27.3 Å². The van der Waals surface area contributed by atoms with Gasteiger partial charge in [-0.3, -0.25) is 0 Å². The number of hydrogen-bond acceptors (Lipinski definition) is 7. The van der Waals surface area contributed by atoms with Crippen LogP contribution in [0.3, 0.4) is 0 Å². The fraction of sp³-hybridized carbons (Fsp3) is 0.200. The van der Waals surface area contributed by atoms with Crippen LogP contribution >= 0.6 is 34.3 Å². The number of halogens is 1. The molecule has 1 aromatic carbocycles. The smallest absolute Gasteiger partial charge is 0.232 e. The molecule has 1 unspecified atom stereocenters. The average Bonchev–Trinajstić information content (AvgIpc) is 3.11. The molecule has 0 bridgehead atoms. The molecule has 0 amide bonds. The third-order valence-electron chi connectivity index (χ3n) is 3.15. The fourth-order valence-corrected chi connectivity index (χ4v) is 3.71. The van der Waals surface area contributed by atoms with Gasteiger partial charge in [-0.05, 0) is 24.6 Å². The Morgan fingerprint density at radius 3 is 2.65 bits per heavy atom. The van der Waals surface area contributed by atoms with Crippen LogP contribution in [0.5, 0.6) is 5.88 Å². The summed E-state index contributed by atoms with van der Waals surface area (Å²) in [6, 6.07) is 7.08. The molecule has 0 saturated heterocycles. The van der Waals surface area contributed by atoms with Gasteiger partial charge in [-0.1, -0.05) is 23.7 Å². The topological polar surface area (TPSA) is 78.3 Å². The molecule has 8 heteroatoms. The molecule has 120 valence electrons. The first-order valence-electron chi connectivity index (χ1n) is 6.82. The van der Waals surface area contributed by atoms with Crippen LogP contribution in [0, 0.1) is 6.92 Å². The van der Waals surface area contributed by atoms with E-state index >= 15 is 0 Å². The minimum atomic E-state index is -0.654. The molecular weight excluding hydrogens is 354 g/mol. The zero-order chi connectivity index (χ0) is 16.4. The van der Waals surface area contributed by atoms with E-state index in [4.69, 9.17) is 11.6 Å². The molecule has 2 aromatic heterocycles. The molecule has 3 N–H and O–H groups in total. The lowest BCUT2D eigenvalue weighted by atomic mass is 10.1. The van der Waals surface area contributed by atoms with Crippen LogP contribution in [-0.4, -0.2) is 26.7 Å². The van der Waals surface area contributed by atoms with Gasteiger partial charge in [0.25, 0.3) is 0 Å². The van der Waals surface area contributed by atoms with Gasteiger partial charge < -0.3 is 15.5 Å². The van der Waals surface area contributed by atoms with Crippen LogP contribution in [0.4, 0.5) is 5.13 Å². The third kappa shape index (κ3) is 3.81. The Morgan fingerprint density at radius 2 is 2.00 bits per heavy atom. The van der Waals surface area contributed by atoms with Crippen LogP contribution in [-0.2, 0) is 0 Å². The Labute approximate surface area is 146 Å². The number of aromatic hydroxyl groups is 1. The summed E-state index contributed by atoms with van der Waals surface area (Å²) in [6.07, 6.45) is -0.654. The van der Waals surface area contributed by atoms with Crippen LogP contribution < -0.4 is 5.32 Å². The molecule has 0 aliphatic rings. The Morgan fingerprint density at radius 1 is 1.26 bits per heavy atom. The van der Waals surface area contributed by atoms with Gasteiger partial charge in [-0.15, -0.1) is 22.7 Å². The highest BCUT2D eigenvalue weighted by atomic mass is 35.5. The van der Waals surface area contributed by atoms with E-state index in [1.54, 1.807) is 24.3 Å². The van der Waals surface area contributed by atoms with Crippen molar-refractivity contribution in [3.05, 3.63) is 45.2 Å². The number of aliphatic hydroxyl groups excluding tert-OH is 1. The van der Waals surface area contributed by atoms with Crippen LogP contribution in [0.25, 0.3) is 10.6 Å². The molecule has 5 nitrogen and oxygen atoms in total. The second-order valence-electron chi connectivity index (χ2n) is 4.87. The first-order chi connectivity index (χ1) is 11.0.